The van der Waals surface area contributed by atoms with Crippen LogP contribution in [0.5, 0.6) is 0 Å². The summed E-state index contributed by atoms with van der Waals surface area (Å²) in [7, 11) is 1.50. The third-order valence-corrected chi connectivity index (χ3v) is 7.24. The second-order valence-corrected chi connectivity index (χ2v) is 9.35. The van der Waals surface area contributed by atoms with Crippen molar-refractivity contribution in [3.8, 4) is 0 Å². The van der Waals surface area contributed by atoms with E-state index in [1.165, 1.54) is 25.5 Å². The van der Waals surface area contributed by atoms with Crippen LogP contribution in [0.1, 0.15) is 62.4 Å². The van der Waals surface area contributed by atoms with Gasteiger partial charge in [0.2, 0.25) is 0 Å². The van der Waals surface area contributed by atoms with Gasteiger partial charge in [-0.05, 0) is 56.4 Å². The van der Waals surface area contributed by atoms with Crippen LogP contribution >= 0.6 is 0 Å². The van der Waals surface area contributed by atoms with Gasteiger partial charge in [0, 0.05) is 37.8 Å². The lowest BCUT2D eigenvalue weighted by Crippen LogP contribution is -2.37. The van der Waals surface area contributed by atoms with E-state index in [2.05, 4.69) is 15.3 Å². The topological polar surface area (TPSA) is 74.8 Å². The van der Waals surface area contributed by atoms with Gasteiger partial charge in [0.1, 0.15) is 5.69 Å². The van der Waals surface area contributed by atoms with Crippen molar-refractivity contribution in [2.45, 2.75) is 64.0 Å². The largest absolute Gasteiger partial charge is 0.391 e. The fourth-order valence-corrected chi connectivity index (χ4v) is 5.13. The molecule has 0 radical (unpaired) electrons. The molecule has 2 aliphatic rings. The number of carbonyl (C=O) groups excluding carboxylic acids is 1. The molecule has 2 N–H and O–H groups in total. The van der Waals surface area contributed by atoms with E-state index in [0.29, 0.717) is 36.6 Å². The van der Waals surface area contributed by atoms with Gasteiger partial charge < -0.3 is 10.3 Å². The minimum absolute atomic E-state index is 0.0992. The maximum absolute atomic E-state index is 13.4. The monoisotopic (exact) mass is 487 g/mol. The van der Waals surface area contributed by atoms with Crippen LogP contribution in [0.3, 0.4) is 0 Å². The third-order valence-electron chi connectivity index (χ3n) is 7.24. The summed E-state index contributed by atoms with van der Waals surface area (Å²) < 4.78 is 64.5. The van der Waals surface area contributed by atoms with E-state index in [9.17, 15) is 31.5 Å². The first-order chi connectivity index (χ1) is 15.9. The van der Waals surface area contributed by atoms with Crippen molar-refractivity contribution in [1.82, 2.24) is 15.3 Å². The Morgan fingerprint density at radius 2 is 1.79 bits per heavy atom. The standard InChI is InChI=1S/C14H21F5.C10H9N3O2/c1-9-8-11(6-7-13(9,15)16)10-2-4-12(5-3-10)14(17,18)19;1-11-10(15)9-8-6(2-4-13-9)12-5-3-7(8)14/h9-12H,2-8H2,1H3;2-5H,1H3,(H,11,15)(H,12,14)/t9-,10?,11?,12?;/m1./s1. The Labute approximate surface area is 194 Å². The molecule has 10 heteroatoms. The average molecular weight is 488 g/mol. The van der Waals surface area contributed by atoms with Crippen LogP contribution in [0.2, 0.25) is 0 Å². The van der Waals surface area contributed by atoms with Crippen molar-refractivity contribution >= 4 is 16.8 Å². The Morgan fingerprint density at radius 1 is 1.12 bits per heavy atom. The Balaban J connectivity index is 0.000000196. The Kier molecular flexibility index (Phi) is 7.98. The molecule has 188 valence electrons. The molecule has 0 aliphatic heterocycles. The van der Waals surface area contributed by atoms with Crippen LogP contribution in [-0.4, -0.2) is 35.0 Å². The van der Waals surface area contributed by atoms with Gasteiger partial charge >= 0.3 is 6.18 Å². The number of nitrogens with one attached hydrogen (secondary N) is 2. The fourth-order valence-electron chi connectivity index (χ4n) is 5.13. The number of hydrogen-bond acceptors (Lipinski definition) is 3. The summed E-state index contributed by atoms with van der Waals surface area (Å²) in [5, 5.41) is 2.77. The third kappa shape index (κ3) is 5.93. The number of fused-ring (bicyclic) bond motifs is 1. The molecule has 2 saturated carbocycles. The van der Waals surface area contributed by atoms with Crippen LogP contribution in [-0.2, 0) is 0 Å². The molecule has 0 aromatic carbocycles. The zero-order valence-electron chi connectivity index (χ0n) is 19.2. The van der Waals surface area contributed by atoms with Gasteiger partial charge in [-0.1, -0.05) is 6.92 Å². The molecule has 1 unspecified atom stereocenters. The number of rotatable bonds is 2. The second-order valence-electron chi connectivity index (χ2n) is 9.35. The molecule has 2 aromatic rings. The number of halogens is 5. The number of pyridine rings is 2. The van der Waals surface area contributed by atoms with Crippen molar-refractivity contribution in [1.29, 1.82) is 0 Å². The summed E-state index contributed by atoms with van der Waals surface area (Å²) in [6.07, 6.45) is 1.23. The van der Waals surface area contributed by atoms with E-state index in [0.717, 1.165) is 0 Å². The number of hydrogen-bond donors (Lipinski definition) is 2. The number of nitrogens with zero attached hydrogens (tertiary/aromatic N) is 1. The number of amides is 1. The quantitative estimate of drug-likeness (QED) is 0.533. The number of alkyl halides is 5. The van der Waals surface area contributed by atoms with Crippen LogP contribution < -0.4 is 10.7 Å². The first-order valence-corrected chi connectivity index (χ1v) is 11.6. The van der Waals surface area contributed by atoms with Crippen molar-refractivity contribution in [2.75, 3.05) is 7.05 Å². The fraction of sp³-hybridized carbons (Fsp3) is 0.625. The molecule has 0 bridgehead atoms. The lowest BCUT2D eigenvalue weighted by molar-refractivity contribution is -0.185. The Morgan fingerprint density at radius 3 is 2.38 bits per heavy atom. The van der Waals surface area contributed by atoms with E-state index in [1.807, 2.05) is 0 Å². The Bertz CT molecular complexity index is 1040. The van der Waals surface area contributed by atoms with E-state index in [-0.39, 0.29) is 48.1 Å². The molecule has 2 atom stereocenters. The van der Waals surface area contributed by atoms with Crippen molar-refractivity contribution < 1.29 is 26.7 Å². The average Bonchev–Trinajstić information content (AvgIpc) is 2.80. The maximum Gasteiger partial charge on any atom is 0.391 e. The molecule has 4 rings (SSSR count). The second kappa shape index (κ2) is 10.4. The highest BCUT2D eigenvalue weighted by molar-refractivity contribution is 6.03. The highest BCUT2D eigenvalue weighted by Gasteiger charge is 2.46. The van der Waals surface area contributed by atoms with Gasteiger partial charge in [-0.15, -0.1) is 0 Å². The van der Waals surface area contributed by atoms with Crippen LogP contribution in [0.25, 0.3) is 10.9 Å². The molecule has 2 aliphatic carbocycles. The van der Waals surface area contributed by atoms with E-state index >= 15 is 0 Å². The summed E-state index contributed by atoms with van der Waals surface area (Å²) in [4.78, 5) is 29.8. The predicted octanol–water partition coefficient (Wildman–Crippen LogP) is 5.71. The SMILES string of the molecule is CNC(=O)c1nccc2[nH]ccc(=O)c12.C[C@@H]1CC(C2CCC(C(F)(F)F)CC2)CCC1(F)F. The van der Waals surface area contributed by atoms with E-state index in [1.54, 1.807) is 13.0 Å². The van der Waals surface area contributed by atoms with Crippen molar-refractivity contribution in [2.24, 2.45) is 23.7 Å². The molecule has 0 spiro atoms. The van der Waals surface area contributed by atoms with Crippen LogP contribution in [0, 0.1) is 23.7 Å². The van der Waals surface area contributed by atoms with Gasteiger partial charge in [-0.2, -0.15) is 13.2 Å². The van der Waals surface area contributed by atoms with E-state index < -0.39 is 23.9 Å². The number of carbonyl (C=O) groups is 1. The molecule has 2 fully saturated rings. The van der Waals surface area contributed by atoms with Gasteiger partial charge in [0.05, 0.1) is 16.8 Å². The minimum atomic E-state index is -4.09. The molecular formula is C24H30F5N3O2. The van der Waals surface area contributed by atoms with Crippen molar-refractivity contribution in [3.63, 3.8) is 0 Å². The lowest BCUT2D eigenvalue weighted by atomic mass is 9.68. The summed E-state index contributed by atoms with van der Waals surface area (Å²) in [6.45, 7) is 1.56. The molecule has 34 heavy (non-hydrogen) atoms. The molecule has 5 nitrogen and oxygen atoms in total. The normalized spacial score (nSPS) is 26.9. The van der Waals surface area contributed by atoms with E-state index in [4.69, 9.17) is 0 Å². The molecule has 1 amide bonds. The minimum Gasteiger partial charge on any atom is -0.361 e. The maximum atomic E-state index is 13.4. The van der Waals surface area contributed by atoms with Gasteiger partial charge in [0.15, 0.2) is 5.43 Å². The first-order valence-electron chi connectivity index (χ1n) is 11.6. The molecule has 0 saturated heterocycles. The summed E-state index contributed by atoms with van der Waals surface area (Å²) >= 11 is 0. The summed E-state index contributed by atoms with van der Waals surface area (Å²) in [5.41, 5.74) is 0.545. The van der Waals surface area contributed by atoms with Crippen LogP contribution in [0.4, 0.5) is 22.0 Å². The number of aromatic amines is 1. The lowest BCUT2D eigenvalue weighted by Gasteiger charge is -2.40. The van der Waals surface area contributed by atoms with Gasteiger partial charge in [-0.3, -0.25) is 14.6 Å². The van der Waals surface area contributed by atoms with Gasteiger partial charge in [0.25, 0.3) is 11.8 Å². The molecule has 2 aromatic heterocycles. The molecule has 2 heterocycles. The van der Waals surface area contributed by atoms with Gasteiger partial charge in [-0.25, -0.2) is 8.78 Å². The van der Waals surface area contributed by atoms with Crippen LogP contribution in [0.15, 0.2) is 29.3 Å². The first kappa shape index (κ1) is 26.1. The number of aromatic nitrogens is 2. The highest BCUT2D eigenvalue weighted by atomic mass is 19.4. The Hall–Kier alpha value is -2.52. The summed E-state index contributed by atoms with van der Waals surface area (Å²) in [5.74, 6) is -4.34. The zero-order chi connectivity index (χ0) is 25.1. The van der Waals surface area contributed by atoms with Crippen molar-refractivity contribution in [3.05, 3.63) is 40.4 Å². The summed E-state index contributed by atoms with van der Waals surface area (Å²) in [6, 6.07) is 3.03. The number of H-pyrrole nitrogens is 1. The smallest absolute Gasteiger partial charge is 0.361 e. The highest BCUT2D eigenvalue weighted by Crippen LogP contribution is 2.48. The zero-order valence-corrected chi connectivity index (χ0v) is 19.2. The molecular weight excluding hydrogens is 457 g/mol. The predicted molar refractivity (Wildman–Crippen MR) is 119 cm³/mol.